The summed E-state index contributed by atoms with van der Waals surface area (Å²) in [5.41, 5.74) is 1.42. The second-order valence-corrected chi connectivity index (χ2v) is 7.13. The minimum Gasteiger partial charge on any atom is -0.304 e. The van der Waals surface area contributed by atoms with Gasteiger partial charge in [0, 0.05) is 16.8 Å². The molecule has 0 aromatic heterocycles. The monoisotopic (exact) mass is 199 g/mol. The Kier molecular flexibility index (Phi) is 5.57. The summed E-state index contributed by atoms with van der Waals surface area (Å²) in [7, 11) is 1.21. The highest BCUT2D eigenvalue weighted by molar-refractivity contribution is 6.16. The lowest BCUT2D eigenvalue weighted by atomic mass is 10.0. The van der Waals surface area contributed by atoms with Crippen LogP contribution < -0.4 is 0 Å². The Balaban J connectivity index is 3.82. The van der Waals surface area contributed by atoms with Crippen LogP contribution in [0.25, 0.3) is 0 Å². The molecule has 1 nitrogen and oxygen atoms in total. The van der Waals surface area contributed by atoms with Gasteiger partial charge in [-0.1, -0.05) is 39.8 Å². The molecule has 0 saturated heterocycles. The summed E-state index contributed by atoms with van der Waals surface area (Å²) in [5, 5.41) is 0.410. The van der Waals surface area contributed by atoms with Crippen molar-refractivity contribution >= 4 is 10.2 Å². The molecular formula is C11H25NSi. The van der Waals surface area contributed by atoms with E-state index in [1.807, 2.05) is 0 Å². The molecule has 0 radical (unpaired) electrons. The Morgan fingerprint density at radius 2 is 1.77 bits per heavy atom. The fraction of sp³-hybridized carbons (Fsp3) is 0.818. The molecule has 13 heavy (non-hydrogen) atoms. The van der Waals surface area contributed by atoms with Gasteiger partial charge in [-0.2, -0.15) is 0 Å². The van der Waals surface area contributed by atoms with Crippen molar-refractivity contribution < 1.29 is 0 Å². The highest BCUT2D eigenvalue weighted by atomic mass is 28.1. The average molecular weight is 199 g/mol. The van der Waals surface area contributed by atoms with Gasteiger partial charge < -0.3 is 4.90 Å². The number of nitrogens with zero attached hydrogens (tertiary/aromatic N) is 1. The summed E-state index contributed by atoms with van der Waals surface area (Å²) < 4.78 is 0. The van der Waals surface area contributed by atoms with E-state index in [9.17, 15) is 0 Å². The topological polar surface area (TPSA) is 3.24 Å². The van der Waals surface area contributed by atoms with Crippen LogP contribution in [0, 0.1) is 0 Å². The third-order valence-corrected chi connectivity index (χ3v) is 3.39. The molecular weight excluding hydrogens is 174 g/mol. The van der Waals surface area contributed by atoms with Gasteiger partial charge in [0.1, 0.15) is 0 Å². The Hall–Kier alpha value is -0.0831. The first-order valence-corrected chi connectivity index (χ1v) is 6.32. The maximum absolute atomic E-state index is 4.17. The predicted molar refractivity (Wildman–Crippen MR) is 65.5 cm³/mol. The first kappa shape index (κ1) is 12.9. The average Bonchev–Trinajstić information content (AvgIpc) is 2.04. The zero-order valence-electron chi connectivity index (χ0n) is 9.98. The molecule has 0 fully saturated rings. The fourth-order valence-electron chi connectivity index (χ4n) is 1.21. The maximum Gasteiger partial charge on any atom is 0.0150 e. The zero-order valence-corrected chi connectivity index (χ0v) is 12.0. The molecule has 0 N–H and O–H groups in total. The van der Waals surface area contributed by atoms with E-state index in [1.165, 1.54) is 22.4 Å². The van der Waals surface area contributed by atoms with Crippen LogP contribution in [-0.2, 0) is 0 Å². The second kappa shape index (κ2) is 5.61. The molecule has 0 unspecified atom stereocenters. The Morgan fingerprint density at radius 3 is 2.08 bits per heavy atom. The van der Waals surface area contributed by atoms with E-state index in [-0.39, 0.29) is 0 Å². The number of rotatable bonds is 6. The summed E-state index contributed by atoms with van der Waals surface area (Å²) in [6.45, 7) is 16.7. The Bertz CT molecular complexity index is 154. The highest BCUT2D eigenvalue weighted by Gasteiger charge is 2.14. The molecule has 0 amide bonds. The summed E-state index contributed by atoms with van der Waals surface area (Å²) >= 11 is 0. The van der Waals surface area contributed by atoms with Crippen molar-refractivity contribution in [1.29, 1.82) is 0 Å². The van der Waals surface area contributed by atoms with E-state index in [0.717, 1.165) is 19.5 Å². The molecule has 0 saturated carbocycles. The van der Waals surface area contributed by atoms with Crippen LogP contribution in [0.2, 0.25) is 5.04 Å². The molecule has 0 aromatic rings. The molecule has 0 aliphatic carbocycles. The molecule has 0 atom stereocenters. The van der Waals surface area contributed by atoms with Crippen LogP contribution in [0.4, 0.5) is 0 Å². The van der Waals surface area contributed by atoms with Crippen LogP contribution in [0.3, 0.4) is 0 Å². The van der Waals surface area contributed by atoms with Crippen molar-refractivity contribution in [3.05, 3.63) is 12.2 Å². The summed E-state index contributed by atoms with van der Waals surface area (Å²) in [6.07, 6.45) is 1.16. The zero-order chi connectivity index (χ0) is 10.5. The summed E-state index contributed by atoms with van der Waals surface area (Å²) in [5.74, 6) is 0. The van der Waals surface area contributed by atoms with Crippen molar-refractivity contribution in [3.63, 3.8) is 0 Å². The van der Waals surface area contributed by atoms with Crippen molar-refractivity contribution in [2.45, 2.75) is 39.2 Å². The van der Waals surface area contributed by atoms with E-state index >= 15 is 0 Å². The first-order valence-electron chi connectivity index (χ1n) is 5.32. The highest BCUT2D eigenvalue weighted by Crippen LogP contribution is 2.30. The molecule has 0 aliphatic rings. The summed E-state index contributed by atoms with van der Waals surface area (Å²) in [6, 6.07) is 0. The second-order valence-electron chi connectivity index (χ2n) is 4.63. The Morgan fingerprint density at radius 1 is 1.31 bits per heavy atom. The molecule has 2 heteroatoms. The minimum atomic E-state index is 0.410. The van der Waals surface area contributed by atoms with Crippen LogP contribution in [-0.4, -0.2) is 34.8 Å². The lowest BCUT2D eigenvalue weighted by Gasteiger charge is -2.25. The molecule has 0 spiro atoms. The van der Waals surface area contributed by atoms with Gasteiger partial charge in [-0.3, -0.25) is 0 Å². The molecule has 78 valence electrons. The molecule has 0 heterocycles. The van der Waals surface area contributed by atoms with Crippen molar-refractivity contribution in [1.82, 2.24) is 4.90 Å². The van der Waals surface area contributed by atoms with Gasteiger partial charge in [0.25, 0.3) is 0 Å². The van der Waals surface area contributed by atoms with Gasteiger partial charge in [0.15, 0.2) is 0 Å². The predicted octanol–water partition coefficient (Wildman–Crippen LogP) is 1.84. The van der Waals surface area contributed by atoms with Gasteiger partial charge >= 0.3 is 0 Å². The van der Waals surface area contributed by atoms with Gasteiger partial charge in [-0.15, -0.1) is 0 Å². The van der Waals surface area contributed by atoms with Crippen LogP contribution >= 0.6 is 0 Å². The van der Waals surface area contributed by atoms with Crippen molar-refractivity contribution in [2.24, 2.45) is 0 Å². The lowest BCUT2D eigenvalue weighted by molar-refractivity contribution is 0.305. The molecule has 0 aromatic carbocycles. The maximum atomic E-state index is 4.17. The Labute approximate surface area is 86.6 Å². The lowest BCUT2D eigenvalue weighted by Crippen LogP contribution is -2.25. The minimum absolute atomic E-state index is 0.410. The van der Waals surface area contributed by atoms with Crippen LogP contribution in [0.15, 0.2) is 12.2 Å². The van der Waals surface area contributed by atoms with Crippen LogP contribution in [0.5, 0.6) is 0 Å². The standard InChI is InChI=1S/C11H25NSi/c1-6-12(7-2)9-8-10(3)11(4,5)13/h3,6-9H2,1-2,4-5,13H3. The third kappa shape index (κ3) is 5.27. The van der Waals surface area contributed by atoms with Gasteiger partial charge in [0.2, 0.25) is 0 Å². The molecule has 0 bridgehead atoms. The van der Waals surface area contributed by atoms with Gasteiger partial charge in [0.05, 0.1) is 0 Å². The van der Waals surface area contributed by atoms with E-state index in [4.69, 9.17) is 0 Å². The normalized spacial score (nSPS) is 12.4. The first-order chi connectivity index (χ1) is 5.91. The van der Waals surface area contributed by atoms with E-state index < -0.39 is 0 Å². The number of hydrogen-bond acceptors (Lipinski definition) is 1. The summed E-state index contributed by atoms with van der Waals surface area (Å²) in [4.78, 5) is 2.46. The fourth-order valence-corrected chi connectivity index (χ4v) is 1.46. The van der Waals surface area contributed by atoms with E-state index in [1.54, 1.807) is 0 Å². The third-order valence-electron chi connectivity index (χ3n) is 2.68. The van der Waals surface area contributed by atoms with E-state index in [0.29, 0.717) is 5.04 Å². The van der Waals surface area contributed by atoms with E-state index in [2.05, 4.69) is 39.2 Å². The van der Waals surface area contributed by atoms with Crippen molar-refractivity contribution in [2.75, 3.05) is 19.6 Å². The molecule has 0 rings (SSSR count). The van der Waals surface area contributed by atoms with Crippen LogP contribution in [0.1, 0.15) is 34.1 Å². The van der Waals surface area contributed by atoms with Crippen molar-refractivity contribution in [3.8, 4) is 0 Å². The SMILES string of the molecule is C=C(CCN(CC)CC)C(C)(C)[SiH3]. The quantitative estimate of drug-likeness (QED) is 0.466. The molecule has 0 aliphatic heterocycles. The van der Waals surface area contributed by atoms with Gasteiger partial charge in [-0.05, 0) is 24.5 Å². The smallest absolute Gasteiger partial charge is 0.0150 e. The van der Waals surface area contributed by atoms with Gasteiger partial charge in [-0.25, -0.2) is 0 Å². The largest absolute Gasteiger partial charge is 0.304 e. The number of hydrogen-bond donors (Lipinski definition) is 0.